The van der Waals surface area contributed by atoms with Crippen molar-refractivity contribution in [2.24, 2.45) is 0 Å². The van der Waals surface area contributed by atoms with Crippen molar-refractivity contribution in [3.63, 3.8) is 0 Å². The highest BCUT2D eigenvalue weighted by atomic mass is 32.1. The Morgan fingerprint density at radius 1 is 1.50 bits per heavy atom. The number of rotatable bonds is 3. The van der Waals surface area contributed by atoms with Crippen molar-refractivity contribution < 1.29 is 9.59 Å². The predicted octanol–water partition coefficient (Wildman–Crippen LogP) is 1.15. The Morgan fingerprint density at radius 2 is 2.22 bits per heavy atom. The molecule has 1 saturated heterocycles. The summed E-state index contributed by atoms with van der Waals surface area (Å²) in [6.07, 6.45) is 0. The summed E-state index contributed by atoms with van der Waals surface area (Å²) < 4.78 is 0. The molecule has 0 unspecified atom stereocenters. The number of amides is 3. The van der Waals surface area contributed by atoms with Crippen LogP contribution in [0.3, 0.4) is 0 Å². The second-order valence-corrected chi connectivity index (χ2v) is 5.34. The summed E-state index contributed by atoms with van der Waals surface area (Å²) in [7, 11) is 1.75. The third-order valence-corrected chi connectivity index (χ3v) is 3.46. The monoisotopic (exact) mass is 268 g/mol. The van der Waals surface area contributed by atoms with E-state index in [0.717, 1.165) is 0 Å². The van der Waals surface area contributed by atoms with Crippen LogP contribution in [-0.2, 0) is 0 Å². The lowest BCUT2D eigenvalue weighted by molar-refractivity contribution is 0.0939. The standard InChI is InChI=1S/C11H16N4O2S/c1-7(2)12-9(16)8-6-18-10(13-8)15-5-4-14(3)11(15)17/h6-7H,4-5H2,1-3H3,(H,12,16). The van der Waals surface area contributed by atoms with E-state index < -0.39 is 0 Å². The molecule has 1 aromatic rings. The molecule has 2 rings (SSSR count). The van der Waals surface area contributed by atoms with Crippen molar-refractivity contribution in [3.05, 3.63) is 11.1 Å². The van der Waals surface area contributed by atoms with E-state index in [4.69, 9.17) is 0 Å². The van der Waals surface area contributed by atoms with Crippen LogP contribution in [0.5, 0.6) is 0 Å². The summed E-state index contributed by atoms with van der Waals surface area (Å²) in [6, 6.07) is 0.00219. The maximum Gasteiger partial charge on any atom is 0.326 e. The highest BCUT2D eigenvalue weighted by Gasteiger charge is 2.29. The number of carbonyl (C=O) groups is 2. The van der Waals surface area contributed by atoms with Crippen LogP contribution in [0.25, 0.3) is 0 Å². The van der Waals surface area contributed by atoms with Gasteiger partial charge in [0, 0.05) is 31.6 Å². The van der Waals surface area contributed by atoms with Gasteiger partial charge in [-0.1, -0.05) is 0 Å². The van der Waals surface area contributed by atoms with Crippen molar-refractivity contribution >= 4 is 28.4 Å². The van der Waals surface area contributed by atoms with Crippen molar-refractivity contribution in [3.8, 4) is 0 Å². The highest BCUT2D eigenvalue weighted by molar-refractivity contribution is 7.14. The van der Waals surface area contributed by atoms with E-state index >= 15 is 0 Å². The van der Waals surface area contributed by atoms with Crippen LogP contribution in [0.2, 0.25) is 0 Å². The van der Waals surface area contributed by atoms with Gasteiger partial charge in [-0.25, -0.2) is 9.78 Å². The average Bonchev–Trinajstić information content (AvgIpc) is 2.87. The Balaban J connectivity index is 2.11. The molecule has 1 aromatic heterocycles. The van der Waals surface area contributed by atoms with Gasteiger partial charge in [0.25, 0.3) is 5.91 Å². The molecule has 0 aromatic carbocycles. The van der Waals surface area contributed by atoms with E-state index in [1.54, 1.807) is 22.2 Å². The number of nitrogens with zero attached hydrogens (tertiary/aromatic N) is 3. The smallest absolute Gasteiger partial charge is 0.326 e. The van der Waals surface area contributed by atoms with Crippen LogP contribution in [-0.4, -0.2) is 48.0 Å². The molecule has 0 saturated carbocycles. The van der Waals surface area contributed by atoms with Gasteiger partial charge in [-0.15, -0.1) is 11.3 Å². The number of likely N-dealkylation sites (N-methyl/N-ethyl adjacent to an activating group) is 1. The molecule has 7 heteroatoms. The van der Waals surface area contributed by atoms with Gasteiger partial charge in [0.1, 0.15) is 5.69 Å². The molecule has 98 valence electrons. The van der Waals surface area contributed by atoms with Crippen LogP contribution < -0.4 is 10.2 Å². The molecule has 0 atom stereocenters. The lowest BCUT2D eigenvalue weighted by atomic mass is 10.3. The van der Waals surface area contributed by atoms with E-state index in [1.807, 2.05) is 13.8 Å². The predicted molar refractivity (Wildman–Crippen MR) is 70.1 cm³/mol. The maximum absolute atomic E-state index is 11.8. The van der Waals surface area contributed by atoms with Crippen molar-refractivity contribution in [1.29, 1.82) is 0 Å². The van der Waals surface area contributed by atoms with E-state index in [0.29, 0.717) is 23.9 Å². The number of carbonyl (C=O) groups excluding carboxylic acids is 2. The molecule has 3 amide bonds. The van der Waals surface area contributed by atoms with Crippen LogP contribution >= 0.6 is 11.3 Å². The first-order chi connectivity index (χ1) is 8.49. The summed E-state index contributed by atoms with van der Waals surface area (Å²) in [5.41, 5.74) is 0.367. The van der Waals surface area contributed by atoms with Crippen LogP contribution in [0.1, 0.15) is 24.3 Å². The topological polar surface area (TPSA) is 65.5 Å². The summed E-state index contributed by atoms with van der Waals surface area (Å²) in [5, 5.41) is 5.04. The largest absolute Gasteiger partial charge is 0.349 e. The lowest BCUT2D eigenvalue weighted by Crippen LogP contribution is -2.31. The second-order valence-electron chi connectivity index (χ2n) is 4.50. The average molecular weight is 268 g/mol. The normalized spacial score (nSPS) is 15.7. The third kappa shape index (κ3) is 2.45. The summed E-state index contributed by atoms with van der Waals surface area (Å²) >= 11 is 1.31. The molecule has 1 aliphatic heterocycles. The zero-order valence-electron chi connectivity index (χ0n) is 10.6. The van der Waals surface area contributed by atoms with Gasteiger partial charge in [0.2, 0.25) is 0 Å². The van der Waals surface area contributed by atoms with E-state index in [1.165, 1.54) is 11.3 Å². The van der Waals surface area contributed by atoms with Crippen molar-refractivity contribution in [2.75, 3.05) is 25.0 Å². The van der Waals surface area contributed by atoms with Gasteiger partial charge >= 0.3 is 6.03 Å². The number of hydrogen-bond donors (Lipinski definition) is 1. The molecular weight excluding hydrogens is 252 g/mol. The SMILES string of the molecule is CC(C)NC(=O)c1csc(N2CCN(C)C2=O)n1. The summed E-state index contributed by atoms with van der Waals surface area (Å²) in [4.78, 5) is 31.0. The zero-order valence-corrected chi connectivity index (χ0v) is 11.5. The molecule has 0 aliphatic carbocycles. The van der Waals surface area contributed by atoms with E-state index in [2.05, 4.69) is 10.3 Å². The van der Waals surface area contributed by atoms with Crippen LogP contribution in [0.15, 0.2) is 5.38 Å². The van der Waals surface area contributed by atoms with Gasteiger partial charge in [0.15, 0.2) is 5.13 Å². The quantitative estimate of drug-likeness (QED) is 0.894. The molecule has 1 fully saturated rings. The Kier molecular flexibility index (Phi) is 3.51. The van der Waals surface area contributed by atoms with E-state index in [-0.39, 0.29) is 18.0 Å². The Morgan fingerprint density at radius 3 is 2.78 bits per heavy atom. The molecule has 2 heterocycles. The van der Waals surface area contributed by atoms with Gasteiger partial charge in [-0.05, 0) is 13.8 Å². The number of anilines is 1. The summed E-state index contributed by atoms with van der Waals surface area (Å²) in [5.74, 6) is -0.201. The van der Waals surface area contributed by atoms with Gasteiger partial charge in [0.05, 0.1) is 0 Å². The molecule has 0 spiro atoms. The zero-order chi connectivity index (χ0) is 13.3. The lowest BCUT2D eigenvalue weighted by Gasteiger charge is -2.11. The first-order valence-electron chi connectivity index (χ1n) is 5.78. The number of thiazole rings is 1. The molecule has 0 radical (unpaired) electrons. The maximum atomic E-state index is 11.8. The molecule has 0 bridgehead atoms. The summed E-state index contributed by atoms with van der Waals surface area (Å²) in [6.45, 7) is 5.09. The minimum atomic E-state index is -0.201. The highest BCUT2D eigenvalue weighted by Crippen LogP contribution is 2.23. The number of hydrogen-bond acceptors (Lipinski definition) is 4. The van der Waals surface area contributed by atoms with Gasteiger partial charge in [-0.3, -0.25) is 9.69 Å². The van der Waals surface area contributed by atoms with Crippen molar-refractivity contribution in [2.45, 2.75) is 19.9 Å². The minimum absolute atomic E-state index is 0.0693. The fourth-order valence-corrected chi connectivity index (χ4v) is 2.48. The fourth-order valence-electron chi connectivity index (χ4n) is 1.65. The first kappa shape index (κ1) is 12.8. The van der Waals surface area contributed by atoms with Gasteiger partial charge < -0.3 is 10.2 Å². The molecule has 1 aliphatic rings. The number of nitrogens with one attached hydrogen (secondary N) is 1. The Bertz CT molecular complexity index is 471. The minimum Gasteiger partial charge on any atom is -0.349 e. The van der Waals surface area contributed by atoms with Crippen LogP contribution in [0, 0.1) is 0 Å². The Hall–Kier alpha value is -1.63. The molecular formula is C11H16N4O2S. The second kappa shape index (κ2) is 4.93. The third-order valence-electron chi connectivity index (χ3n) is 2.59. The molecule has 1 N–H and O–H groups in total. The van der Waals surface area contributed by atoms with Crippen LogP contribution in [0.4, 0.5) is 9.93 Å². The van der Waals surface area contributed by atoms with Gasteiger partial charge in [-0.2, -0.15) is 0 Å². The Labute approximate surface area is 110 Å². The molecule has 18 heavy (non-hydrogen) atoms. The first-order valence-corrected chi connectivity index (χ1v) is 6.66. The molecule has 6 nitrogen and oxygen atoms in total. The number of aromatic nitrogens is 1. The van der Waals surface area contributed by atoms with E-state index in [9.17, 15) is 9.59 Å². The fraction of sp³-hybridized carbons (Fsp3) is 0.545. The van der Waals surface area contributed by atoms with Crippen molar-refractivity contribution in [1.82, 2.24) is 15.2 Å². The number of urea groups is 1.